The predicted molar refractivity (Wildman–Crippen MR) is 56.4 cm³/mol. The van der Waals surface area contributed by atoms with Crippen LogP contribution in [0.25, 0.3) is 0 Å². The fraction of sp³-hybridized carbons (Fsp3) is 0.400. The Morgan fingerprint density at radius 3 is 2.50 bits per heavy atom. The molecule has 0 unspecified atom stereocenters. The van der Waals surface area contributed by atoms with Gasteiger partial charge in [-0.1, -0.05) is 15.9 Å². The van der Waals surface area contributed by atoms with E-state index in [9.17, 15) is 13.2 Å². The number of hydrogen-bond donors (Lipinski definition) is 1. The summed E-state index contributed by atoms with van der Waals surface area (Å²) in [5, 5.41) is 2.94. The summed E-state index contributed by atoms with van der Waals surface area (Å²) in [4.78, 5) is 0. The molecule has 1 aromatic rings. The molecule has 16 heavy (non-hydrogen) atoms. The average Bonchev–Trinajstić information content (AvgIpc) is 2.09. The third-order valence-electron chi connectivity index (χ3n) is 2.29. The zero-order chi connectivity index (χ0) is 11.8. The van der Waals surface area contributed by atoms with Crippen molar-refractivity contribution in [2.45, 2.75) is 12.3 Å². The normalized spacial score (nSPS) is 17.0. The van der Waals surface area contributed by atoms with E-state index in [4.69, 9.17) is 4.74 Å². The molecule has 0 atom stereocenters. The maximum absolute atomic E-state index is 12.6. The maximum atomic E-state index is 12.6. The van der Waals surface area contributed by atoms with Crippen LogP contribution in [-0.4, -0.2) is 19.2 Å². The van der Waals surface area contributed by atoms with Gasteiger partial charge in [0.25, 0.3) is 0 Å². The third-order valence-corrected chi connectivity index (χ3v) is 2.78. The Morgan fingerprint density at radius 1 is 1.31 bits per heavy atom. The SMILES string of the molecule is FC(F)(F)c1ccc(Br)cc1OC1CNC1. The van der Waals surface area contributed by atoms with Crippen molar-refractivity contribution in [3.05, 3.63) is 28.2 Å². The molecule has 0 aromatic heterocycles. The quantitative estimate of drug-likeness (QED) is 0.906. The lowest BCUT2D eigenvalue weighted by atomic mass is 10.1. The van der Waals surface area contributed by atoms with Crippen molar-refractivity contribution < 1.29 is 17.9 Å². The van der Waals surface area contributed by atoms with Crippen LogP contribution in [0.5, 0.6) is 5.75 Å². The highest BCUT2D eigenvalue weighted by Gasteiger charge is 2.35. The molecule has 1 heterocycles. The molecule has 6 heteroatoms. The van der Waals surface area contributed by atoms with Crippen molar-refractivity contribution in [2.75, 3.05) is 13.1 Å². The molecular formula is C10H9BrF3NO. The monoisotopic (exact) mass is 295 g/mol. The number of hydrogen-bond acceptors (Lipinski definition) is 2. The Balaban J connectivity index is 2.28. The van der Waals surface area contributed by atoms with Crippen LogP contribution in [-0.2, 0) is 6.18 Å². The summed E-state index contributed by atoms with van der Waals surface area (Å²) < 4.78 is 43.8. The van der Waals surface area contributed by atoms with Gasteiger partial charge in [-0.25, -0.2) is 0 Å². The van der Waals surface area contributed by atoms with E-state index in [1.165, 1.54) is 12.1 Å². The Kier molecular flexibility index (Phi) is 3.12. The average molecular weight is 296 g/mol. The first-order valence-electron chi connectivity index (χ1n) is 4.71. The van der Waals surface area contributed by atoms with Gasteiger partial charge in [0.15, 0.2) is 0 Å². The van der Waals surface area contributed by atoms with Crippen molar-refractivity contribution in [3.8, 4) is 5.75 Å². The molecule has 1 fully saturated rings. The summed E-state index contributed by atoms with van der Waals surface area (Å²) in [5.41, 5.74) is -0.734. The van der Waals surface area contributed by atoms with E-state index in [0.717, 1.165) is 6.07 Å². The number of alkyl halides is 3. The van der Waals surface area contributed by atoms with Crippen molar-refractivity contribution in [1.82, 2.24) is 5.32 Å². The number of benzene rings is 1. The standard InChI is InChI=1S/C10H9BrF3NO/c11-6-1-2-8(10(12,13)14)9(3-6)16-7-4-15-5-7/h1-3,7,15H,4-5H2. The van der Waals surface area contributed by atoms with Gasteiger partial charge in [0, 0.05) is 17.6 Å². The number of ether oxygens (including phenoxy) is 1. The minimum Gasteiger partial charge on any atom is -0.487 e. The van der Waals surface area contributed by atoms with E-state index in [1.807, 2.05) is 0 Å². The largest absolute Gasteiger partial charge is 0.487 e. The first kappa shape index (κ1) is 11.7. The van der Waals surface area contributed by atoms with Crippen LogP contribution >= 0.6 is 15.9 Å². The summed E-state index contributed by atoms with van der Waals surface area (Å²) in [6.45, 7) is 1.17. The second kappa shape index (κ2) is 4.25. The summed E-state index contributed by atoms with van der Waals surface area (Å²) in [6, 6.07) is 3.72. The van der Waals surface area contributed by atoms with Crippen molar-refractivity contribution >= 4 is 15.9 Å². The molecule has 0 radical (unpaired) electrons. The zero-order valence-electron chi connectivity index (χ0n) is 8.14. The van der Waals surface area contributed by atoms with Crippen molar-refractivity contribution in [1.29, 1.82) is 0 Å². The Bertz CT molecular complexity index is 390. The molecule has 0 aliphatic carbocycles. The summed E-state index contributed by atoms with van der Waals surface area (Å²) >= 11 is 3.13. The number of nitrogens with one attached hydrogen (secondary N) is 1. The van der Waals surface area contributed by atoms with Gasteiger partial charge in [0.2, 0.25) is 0 Å². The van der Waals surface area contributed by atoms with Crippen LogP contribution in [0.15, 0.2) is 22.7 Å². The van der Waals surface area contributed by atoms with Gasteiger partial charge in [-0.3, -0.25) is 0 Å². The second-order valence-electron chi connectivity index (χ2n) is 3.54. The molecule has 2 nitrogen and oxygen atoms in total. The van der Waals surface area contributed by atoms with E-state index < -0.39 is 11.7 Å². The third kappa shape index (κ3) is 2.49. The lowest BCUT2D eigenvalue weighted by molar-refractivity contribution is -0.139. The van der Waals surface area contributed by atoms with Gasteiger partial charge >= 0.3 is 6.18 Å². The van der Waals surface area contributed by atoms with Crippen LogP contribution < -0.4 is 10.1 Å². The molecule has 1 aromatic carbocycles. The highest BCUT2D eigenvalue weighted by Crippen LogP contribution is 2.38. The number of halogens is 4. The Morgan fingerprint density at radius 2 is 2.00 bits per heavy atom. The molecule has 2 rings (SSSR count). The van der Waals surface area contributed by atoms with Gasteiger partial charge in [-0.2, -0.15) is 13.2 Å². The molecule has 1 aliphatic rings. The Labute approximate surface area is 98.9 Å². The molecule has 1 saturated heterocycles. The molecule has 0 amide bonds. The minimum absolute atomic E-state index is 0.117. The molecule has 0 saturated carbocycles. The van der Waals surface area contributed by atoms with Gasteiger partial charge in [-0.05, 0) is 18.2 Å². The fourth-order valence-electron chi connectivity index (χ4n) is 1.35. The van der Waals surface area contributed by atoms with Crippen LogP contribution in [0.1, 0.15) is 5.56 Å². The van der Waals surface area contributed by atoms with Crippen molar-refractivity contribution in [3.63, 3.8) is 0 Å². The molecule has 1 N–H and O–H groups in total. The van der Waals surface area contributed by atoms with Crippen LogP contribution in [0, 0.1) is 0 Å². The second-order valence-corrected chi connectivity index (χ2v) is 4.45. The van der Waals surface area contributed by atoms with Gasteiger partial charge in [0.05, 0.1) is 5.56 Å². The number of rotatable bonds is 2. The maximum Gasteiger partial charge on any atom is 0.419 e. The van der Waals surface area contributed by atoms with Gasteiger partial charge < -0.3 is 10.1 Å². The highest BCUT2D eigenvalue weighted by atomic mass is 79.9. The van der Waals surface area contributed by atoms with E-state index in [-0.39, 0.29) is 11.9 Å². The lowest BCUT2D eigenvalue weighted by Gasteiger charge is -2.29. The van der Waals surface area contributed by atoms with E-state index >= 15 is 0 Å². The first-order chi connectivity index (χ1) is 7.47. The molecule has 1 aliphatic heterocycles. The lowest BCUT2D eigenvalue weighted by Crippen LogP contribution is -2.50. The Hall–Kier alpha value is -0.750. The van der Waals surface area contributed by atoms with Gasteiger partial charge in [0.1, 0.15) is 11.9 Å². The summed E-state index contributed by atoms with van der Waals surface area (Å²) in [5.74, 6) is -0.117. The fourth-order valence-corrected chi connectivity index (χ4v) is 1.69. The van der Waals surface area contributed by atoms with Crippen LogP contribution in [0.3, 0.4) is 0 Å². The van der Waals surface area contributed by atoms with Crippen molar-refractivity contribution in [2.24, 2.45) is 0 Å². The van der Waals surface area contributed by atoms with E-state index in [2.05, 4.69) is 21.2 Å². The molecular weight excluding hydrogens is 287 g/mol. The first-order valence-corrected chi connectivity index (χ1v) is 5.50. The molecule has 0 spiro atoms. The van der Waals surface area contributed by atoms with Crippen LogP contribution in [0.2, 0.25) is 0 Å². The predicted octanol–water partition coefficient (Wildman–Crippen LogP) is 2.82. The zero-order valence-corrected chi connectivity index (χ0v) is 9.73. The topological polar surface area (TPSA) is 21.3 Å². The minimum atomic E-state index is -4.38. The molecule has 88 valence electrons. The smallest absolute Gasteiger partial charge is 0.419 e. The van der Waals surface area contributed by atoms with E-state index in [0.29, 0.717) is 17.6 Å². The van der Waals surface area contributed by atoms with Crippen LogP contribution in [0.4, 0.5) is 13.2 Å². The summed E-state index contributed by atoms with van der Waals surface area (Å²) in [6.07, 6.45) is -4.55. The summed E-state index contributed by atoms with van der Waals surface area (Å²) in [7, 11) is 0. The van der Waals surface area contributed by atoms with Gasteiger partial charge in [-0.15, -0.1) is 0 Å². The molecule has 0 bridgehead atoms. The highest BCUT2D eigenvalue weighted by molar-refractivity contribution is 9.10. The van der Waals surface area contributed by atoms with E-state index in [1.54, 1.807) is 0 Å².